The van der Waals surface area contributed by atoms with E-state index in [1.165, 1.54) is 0 Å². The minimum atomic E-state index is -0.297. The maximum Gasteiger partial charge on any atom is 0.264 e. The third-order valence-corrected chi connectivity index (χ3v) is 4.02. The third kappa shape index (κ3) is 5.47. The van der Waals surface area contributed by atoms with Crippen molar-refractivity contribution in [3.8, 4) is 5.75 Å². The number of amides is 1. The fourth-order valence-electron chi connectivity index (χ4n) is 1.95. The van der Waals surface area contributed by atoms with Gasteiger partial charge in [-0.2, -0.15) is 0 Å². The summed E-state index contributed by atoms with van der Waals surface area (Å²) in [6.45, 7) is 3.83. The smallest absolute Gasteiger partial charge is 0.264 e. The van der Waals surface area contributed by atoms with Crippen molar-refractivity contribution in [2.75, 3.05) is 11.9 Å². The van der Waals surface area contributed by atoms with Crippen molar-refractivity contribution in [3.05, 3.63) is 57.2 Å². The Hall–Kier alpha value is -1.67. The van der Waals surface area contributed by atoms with Crippen LogP contribution in [0.2, 0.25) is 0 Å². The first-order valence-electron chi connectivity index (χ1n) is 7.01. The first-order valence-corrected chi connectivity index (χ1v) is 8.50. The normalized spacial score (nSPS) is 10.0. The van der Waals surface area contributed by atoms with E-state index in [0.717, 1.165) is 20.4 Å². The summed E-state index contributed by atoms with van der Waals surface area (Å²) in [7, 11) is 0. The molecule has 0 unspecified atom stereocenters. The van der Waals surface area contributed by atoms with Crippen LogP contribution in [0.3, 0.4) is 0 Å². The van der Waals surface area contributed by atoms with Gasteiger partial charge < -0.3 is 10.1 Å². The lowest BCUT2D eigenvalue weighted by atomic mass is 10.2. The van der Waals surface area contributed by atoms with Gasteiger partial charge in [-0.05, 0) is 84.0 Å². The summed E-state index contributed by atoms with van der Waals surface area (Å²) in [5, 5.41) is 5.89. The molecule has 23 heavy (non-hydrogen) atoms. The molecule has 2 aromatic rings. The van der Waals surface area contributed by atoms with Crippen LogP contribution in [0.4, 0.5) is 5.69 Å². The number of hydrogen-bond donors (Lipinski definition) is 2. The number of ether oxygens (including phenoxy) is 1. The fourth-order valence-corrected chi connectivity index (χ4v) is 2.82. The monoisotopic (exact) mass is 440 g/mol. The molecule has 0 aliphatic rings. The van der Waals surface area contributed by atoms with E-state index in [-0.39, 0.29) is 17.6 Å². The van der Waals surface area contributed by atoms with Crippen molar-refractivity contribution >= 4 is 51.5 Å². The molecule has 2 N–H and O–H groups in total. The Labute approximate surface area is 154 Å². The Morgan fingerprint density at radius 2 is 1.91 bits per heavy atom. The Morgan fingerprint density at radius 1 is 1.17 bits per heavy atom. The zero-order valence-electron chi connectivity index (χ0n) is 12.9. The van der Waals surface area contributed by atoms with Gasteiger partial charge in [-0.3, -0.25) is 10.1 Å². The van der Waals surface area contributed by atoms with Crippen LogP contribution in [-0.4, -0.2) is 17.6 Å². The predicted molar refractivity (Wildman–Crippen MR) is 105 cm³/mol. The highest BCUT2D eigenvalue weighted by Crippen LogP contribution is 2.18. The van der Waals surface area contributed by atoms with Gasteiger partial charge in [-0.15, -0.1) is 0 Å². The largest absolute Gasteiger partial charge is 0.483 e. The molecule has 0 aromatic heterocycles. The average molecular weight is 440 g/mol. The van der Waals surface area contributed by atoms with Gasteiger partial charge in [0, 0.05) is 9.26 Å². The van der Waals surface area contributed by atoms with E-state index in [1.54, 1.807) is 0 Å². The van der Waals surface area contributed by atoms with E-state index in [1.807, 2.05) is 56.3 Å². The average Bonchev–Trinajstić information content (AvgIpc) is 2.49. The van der Waals surface area contributed by atoms with Crippen molar-refractivity contribution in [3.63, 3.8) is 0 Å². The minimum Gasteiger partial charge on any atom is -0.483 e. The molecule has 0 spiro atoms. The van der Waals surface area contributed by atoms with Gasteiger partial charge in [0.25, 0.3) is 5.91 Å². The molecule has 4 nitrogen and oxygen atoms in total. The van der Waals surface area contributed by atoms with E-state index >= 15 is 0 Å². The summed E-state index contributed by atoms with van der Waals surface area (Å²) in [4.78, 5) is 11.9. The lowest BCUT2D eigenvalue weighted by Crippen LogP contribution is -2.37. The summed E-state index contributed by atoms with van der Waals surface area (Å²) in [5.41, 5.74) is 2.91. The Kier molecular flexibility index (Phi) is 6.35. The summed E-state index contributed by atoms with van der Waals surface area (Å²) in [6.07, 6.45) is 0. The van der Waals surface area contributed by atoms with Crippen molar-refractivity contribution < 1.29 is 9.53 Å². The second-order valence-electron chi connectivity index (χ2n) is 5.02. The van der Waals surface area contributed by atoms with Crippen LogP contribution in [-0.2, 0) is 4.79 Å². The van der Waals surface area contributed by atoms with Crippen LogP contribution >= 0.6 is 34.8 Å². The molecular weight excluding hydrogens is 423 g/mol. The number of halogens is 1. The molecule has 0 heterocycles. The van der Waals surface area contributed by atoms with E-state index in [2.05, 4.69) is 33.2 Å². The highest BCUT2D eigenvalue weighted by Gasteiger charge is 2.08. The molecule has 2 rings (SSSR count). The van der Waals surface area contributed by atoms with Gasteiger partial charge in [0.05, 0.1) is 0 Å². The first-order chi connectivity index (χ1) is 11.0. The van der Waals surface area contributed by atoms with E-state index in [9.17, 15) is 4.79 Å². The van der Waals surface area contributed by atoms with Gasteiger partial charge in [0.2, 0.25) is 0 Å². The number of carbonyl (C=O) groups is 1. The maximum absolute atomic E-state index is 11.9. The molecule has 0 saturated carbocycles. The first kappa shape index (κ1) is 17.7. The molecule has 120 valence electrons. The Morgan fingerprint density at radius 3 is 2.61 bits per heavy atom. The quantitative estimate of drug-likeness (QED) is 0.561. The number of aryl methyl sites for hydroxylation is 2. The summed E-state index contributed by atoms with van der Waals surface area (Å²) in [5.74, 6) is 0.393. The lowest BCUT2D eigenvalue weighted by molar-refractivity contribution is -0.121. The Bertz CT molecular complexity index is 734. The number of nitrogens with one attached hydrogen (secondary N) is 2. The fraction of sp³-hybridized carbons (Fsp3) is 0.176. The van der Waals surface area contributed by atoms with Crippen LogP contribution in [0.15, 0.2) is 42.5 Å². The number of para-hydroxylation sites is 1. The topological polar surface area (TPSA) is 50.4 Å². The second-order valence-corrected chi connectivity index (χ2v) is 6.67. The van der Waals surface area contributed by atoms with E-state index < -0.39 is 0 Å². The molecule has 6 heteroatoms. The minimum absolute atomic E-state index is 0.0850. The van der Waals surface area contributed by atoms with Crippen molar-refractivity contribution in [2.45, 2.75) is 13.8 Å². The maximum atomic E-state index is 11.9. The number of anilines is 1. The molecule has 1 amide bonds. The van der Waals surface area contributed by atoms with Crippen LogP contribution in [0, 0.1) is 17.4 Å². The van der Waals surface area contributed by atoms with Gasteiger partial charge in [0.1, 0.15) is 5.75 Å². The van der Waals surface area contributed by atoms with Gasteiger partial charge in [0.15, 0.2) is 11.7 Å². The predicted octanol–water partition coefficient (Wildman–Crippen LogP) is 3.80. The molecule has 0 aliphatic carbocycles. The zero-order chi connectivity index (χ0) is 16.8. The number of benzene rings is 2. The number of carbonyl (C=O) groups excluding carboxylic acids is 1. The molecule has 2 aromatic carbocycles. The molecule has 0 saturated heterocycles. The SMILES string of the molecule is Cc1cc(I)ccc1NC(=S)NC(=O)COc1ccccc1C. The van der Waals surface area contributed by atoms with Gasteiger partial charge >= 0.3 is 0 Å². The van der Waals surface area contributed by atoms with Crippen molar-refractivity contribution in [1.82, 2.24) is 5.32 Å². The van der Waals surface area contributed by atoms with Crippen molar-refractivity contribution in [1.29, 1.82) is 0 Å². The molecule has 0 atom stereocenters. The highest BCUT2D eigenvalue weighted by atomic mass is 127. The number of thiocarbonyl (C=S) groups is 1. The molecule has 0 fully saturated rings. The molecular formula is C17H17IN2O2S. The van der Waals surface area contributed by atoms with Crippen LogP contribution in [0.1, 0.15) is 11.1 Å². The second kappa shape index (κ2) is 8.26. The standard InChI is InChI=1S/C17H17IN2O2S/c1-11-5-3-4-6-15(11)22-10-16(21)20-17(23)19-14-8-7-13(18)9-12(14)2/h3-9H,10H2,1-2H3,(H2,19,20,21,23). The number of hydrogen-bond acceptors (Lipinski definition) is 3. The Balaban J connectivity index is 1.85. The van der Waals surface area contributed by atoms with Crippen LogP contribution < -0.4 is 15.4 Å². The highest BCUT2D eigenvalue weighted by molar-refractivity contribution is 14.1. The van der Waals surface area contributed by atoms with Crippen molar-refractivity contribution in [2.24, 2.45) is 0 Å². The lowest BCUT2D eigenvalue weighted by Gasteiger charge is -2.13. The van der Waals surface area contributed by atoms with E-state index in [4.69, 9.17) is 17.0 Å². The summed E-state index contributed by atoms with van der Waals surface area (Å²) >= 11 is 7.41. The van der Waals surface area contributed by atoms with Crippen LogP contribution in [0.5, 0.6) is 5.75 Å². The van der Waals surface area contributed by atoms with Gasteiger partial charge in [-0.1, -0.05) is 18.2 Å². The van der Waals surface area contributed by atoms with Crippen LogP contribution in [0.25, 0.3) is 0 Å². The summed E-state index contributed by atoms with van der Waals surface area (Å²) in [6, 6.07) is 13.5. The zero-order valence-corrected chi connectivity index (χ0v) is 15.8. The molecule has 0 bridgehead atoms. The van der Waals surface area contributed by atoms with E-state index in [0.29, 0.717) is 5.75 Å². The number of rotatable bonds is 4. The molecule has 0 radical (unpaired) electrons. The summed E-state index contributed by atoms with van der Waals surface area (Å²) < 4.78 is 6.63. The van der Waals surface area contributed by atoms with Gasteiger partial charge in [-0.25, -0.2) is 0 Å². The third-order valence-electron chi connectivity index (χ3n) is 3.14. The molecule has 0 aliphatic heterocycles.